The first-order valence-corrected chi connectivity index (χ1v) is 6.03. The maximum absolute atomic E-state index is 13.5. The van der Waals surface area contributed by atoms with Gasteiger partial charge >= 0.3 is 0 Å². The molecule has 0 saturated heterocycles. The van der Waals surface area contributed by atoms with Gasteiger partial charge in [-0.05, 0) is 18.2 Å². The maximum atomic E-state index is 13.5. The molecule has 0 amide bonds. The summed E-state index contributed by atoms with van der Waals surface area (Å²) < 4.78 is 13.9. The molecule has 2 rings (SSSR count). The largest absolute Gasteiger partial charge is 0.288 e. The van der Waals surface area contributed by atoms with E-state index in [0.717, 1.165) is 6.07 Å². The van der Waals surface area contributed by atoms with Crippen LogP contribution in [0.3, 0.4) is 0 Å². The van der Waals surface area contributed by atoms with Crippen LogP contribution in [0.4, 0.5) is 10.1 Å². The number of halogens is 2. The van der Waals surface area contributed by atoms with Crippen molar-refractivity contribution < 1.29 is 14.1 Å². The summed E-state index contributed by atoms with van der Waals surface area (Å²) in [6, 6.07) is 9.28. The van der Waals surface area contributed by atoms with Crippen molar-refractivity contribution in [1.82, 2.24) is 0 Å². The van der Waals surface area contributed by atoms with E-state index in [4.69, 9.17) is 0 Å². The van der Waals surface area contributed by atoms with Crippen LogP contribution < -0.4 is 0 Å². The number of nitro benzene ring substituents is 1. The van der Waals surface area contributed by atoms with E-state index in [1.807, 2.05) is 0 Å². The van der Waals surface area contributed by atoms with Crippen molar-refractivity contribution >= 4 is 27.4 Å². The molecule has 0 spiro atoms. The maximum Gasteiger partial charge on any atom is 0.270 e. The van der Waals surface area contributed by atoms with Crippen molar-refractivity contribution in [3.63, 3.8) is 0 Å². The quantitative estimate of drug-likeness (QED) is 0.491. The fourth-order valence-corrected chi connectivity index (χ4v) is 2.02. The molecule has 0 radical (unpaired) electrons. The van der Waals surface area contributed by atoms with Gasteiger partial charge < -0.3 is 0 Å². The van der Waals surface area contributed by atoms with Crippen LogP contribution in [0.25, 0.3) is 0 Å². The molecule has 0 N–H and O–H groups in total. The van der Waals surface area contributed by atoms with Crippen LogP contribution >= 0.6 is 15.9 Å². The first kappa shape index (κ1) is 13.4. The monoisotopic (exact) mass is 323 g/mol. The second-order valence-electron chi connectivity index (χ2n) is 3.73. The number of nitro groups is 1. The Bertz CT molecular complexity index is 673. The van der Waals surface area contributed by atoms with Gasteiger partial charge in [-0.1, -0.05) is 28.1 Å². The normalized spacial score (nSPS) is 10.2. The lowest BCUT2D eigenvalue weighted by Gasteiger charge is -2.04. The van der Waals surface area contributed by atoms with E-state index >= 15 is 0 Å². The van der Waals surface area contributed by atoms with Crippen LogP contribution in [-0.2, 0) is 0 Å². The molecule has 0 aliphatic heterocycles. The minimum Gasteiger partial charge on any atom is -0.288 e. The number of hydrogen-bond donors (Lipinski definition) is 0. The summed E-state index contributed by atoms with van der Waals surface area (Å²) in [5, 5.41) is 10.7. The summed E-state index contributed by atoms with van der Waals surface area (Å²) in [5.74, 6) is -1.26. The molecular weight excluding hydrogens is 317 g/mol. The van der Waals surface area contributed by atoms with E-state index in [9.17, 15) is 19.3 Å². The molecule has 0 aliphatic carbocycles. The van der Waals surface area contributed by atoms with Gasteiger partial charge in [-0.2, -0.15) is 0 Å². The van der Waals surface area contributed by atoms with Crippen LogP contribution in [0.1, 0.15) is 15.9 Å². The highest BCUT2D eigenvalue weighted by atomic mass is 79.9. The molecule has 0 aromatic heterocycles. The lowest BCUT2D eigenvalue weighted by molar-refractivity contribution is -0.384. The molecule has 0 saturated carbocycles. The van der Waals surface area contributed by atoms with E-state index < -0.39 is 16.5 Å². The Balaban J connectivity index is 2.53. The van der Waals surface area contributed by atoms with Gasteiger partial charge in [0.1, 0.15) is 5.82 Å². The van der Waals surface area contributed by atoms with Crippen LogP contribution in [0, 0.1) is 15.9 Å². The molecule has 96 valence electrons. The Morgan fingerprint density at radius 2 is 1.84 bits per heavy atom. The zero-order valence-electron chi connectivity index (χ0n) is 9.47. The Hall–Kier alpha value is -2.08. The van der Waals surface area contributed by atoms with Crippen molar-refractivity contribution in [1.29, 1.82) is 0 Å². The SMILES string of the molecule is O=C(c1ccccc1F)c1cc([N+](=O)[O-])ccc1Br. The van der Waals surface area contributed by atoms with Gasteiger partial charge in [0.25, 0.3) is 5.69 Å². The van der Waals surface area contributed by atoms with Gasteiger partial charge in [-0.3, -0.25) is 14.9 Å². The van der Waals surface area contributed by atoms with Gasteiger partial charge in [0.05, 0.1) is 10.5 Å². The molecule has 6 heteroatoms. The Morgan fingerprint density at radius 3 is 2.47 bits per heavy atom. The van der Waals surface area contributed by atoms with Crippen molar-refractivity contribution in [2.45, 2.75) is 0 Å². The second kappa shape index (κ2) is 5.27. The van der Waals surface area contributed by atoms with Crippen molar-refractivity contribution in [3.05, 3.63) is 74.0 Å². The minimum atomic E-state index is -0.661. The van der Waals surface area contributed by atoms with E-state index in [1.54, 1.807) is 0 Å². The molecule has 0 unspecified atom stereocenters. The highest BCUT2D eigenvalue weighted by Crippen LogP contribution is 2.25. The third kappa shape index (κ3) is 2.68. The van der Waals surface area contributed by atoms with Gasteiger partial charge in [0.15, 0.2) is 5.78 Å². The highest BCUT2D eigenvalue weighted by Gasteiger charge is 2.19. The zero-order valence-corrected chi connectivity index (χ0v) is 11.1. The van der Waals surface area contributed by atoms with Gasteiger partial charge in [0, 0.05) is 22.2 Å². The summed E-state index contributed by atoms with van der Waals surface area (Å²) in [7, 11) is 0. The Labute approximate surface area is 116 Å². The molecule has 19 heavy (non-hydrogen) atoms. The predicted octanol–water partition coefficient (Wildman–Crippen LogP) is 3.73. The first-order chi connectivity index (χ1) is 9.00. The Morgan fingerprint density at radius 1 is 1.16 bits per heavy atom. The van der Waals surface area contributed by atoms with Gasteiger partial charge in [0.2, 0.25) is 0 Å². The number of non-ortho nitro benzene ring substituents is 1. The van der Waals surface area contributed by atoms with Crippen LogP contribution in [-0.4, -0.2) is 10.7 Å². The fourth-order valence-electron chi connectivity index (χ4n) is 1.59. The van der Waals surface area contributed by atoms with Crippen LogP contribution in [0.5, 0.6) is 0 Å². The summed E-state index contributed by atoms with van der Waals surface area (Å²) >= 11 is 3.14. The number of carbonyl (C=O) groups excluding carboxylic acids is 1. The third-order valence-corrected chi connectivity index (χ3v) is 3.22. The number of ketones is 1. The summed E-state index contributed by atoms with van der Waals surface area (Å²) in [4.78, 5) is 22.3. The number of carbonyl (C=O) groups is 1. The average Bonchev–Trinajstić information content (AvgIpc) is 2.38. The van der Waals surface area contributed by atoms with Gasteiger partial charge in [-0.15, -0.1) is 0 Å². The van der Waals surface area contributed by atoms with Crippen molar-refractivity contribution in [3.8, 4) is 0 Å². The third-order valence-electron chi connectivity index (χ3n) is 2.52. The number of nitrogens with zero attached hydrogens (tertiary/aromatic N) is 1. The van der Waals surface area contributed by atoms with Gasteiger partial charge in [-0.25, -0.2) is 4.39 Å². The lowest BCUT2D eigenvalue weighted by Crippen LogP contribution is -2.05. The minimum absolute atomic E-state index is 0.0549. The van der Waals surface area contributed by atoms with Crippen LogP contribution in [0.15, 0.2) is 46.9 Å². The van der Waals surface area contributed by atoms with Crippen LogP contribution in [0.2, 0.25) is 0 Å². The van der Waals surface area contributed by atoms with E-state index in [1.165, 1.54) is 36.4 Å². The molecule has 0 fully saturated rings. The predicted molar refractivity (Wildman–Crippen MR) is 70.6 cm³/mol. The number of benzene rings is 2. The zero-order chi connectivity index (χ0) is 14.0. The molecule has 0 bridgehead atoms. The Kier molecular flexibility index (Phi) is 3.71. The first-order valence-electron chi connectivity index (χ1n) is 5.24. The lowest BCUT2D eigenvalue weighted by atomic mass is 10.0. The molecule has 4 nitrogen and oxygen atoms in total. The standard InChI is InChI=1S/C13H7BrFNO3/c14-11-6-5-8(16(18)19)7-10(11)13(17)9-3-1-2-4-12(9)15/h1-7H. The average molecular weight is 324 g/mol. The summed E-state index contributed by atoms with van der Waals surface area (Å²) in [6.45, 7) is 0. The fraction of sp³-hybridized carbons (Fsp3) is 0. The topological polar surface area (TPSA) is 60.2 Å². The van der Waals surface area contributed by atoms with Crippen molar-refractivity contribution in [2.24, 2.45) is 0 Å². The molecular formula is C13H7BrFNO3. The van der Waals surface area contributed by atoms with E-state index in [0.29, 0.717) is 4.47 Å². The van der Waals surface area contributed by atoms with E-state index in [2.05, 4.69) is 15.9 Å². The number of rotatable bonds is 3. The highest BCUT2D eigenvalue weighted by molar-refractivity contribution is 9.10. The summed E-state index contributed by atoms with van der Waals surface area (Å²) in [6.07, 6.45) is 0. The summed E-state index contributed by atoms with van der Waals surface area (Å²) in [5.41, 5.74) is -0.286. The van der Waals surface area contributed by atoms with Crippen molar-refractivity contribution in [2.75, 3.05) is 0 Å². The molecule has 2 aromatic carbocycles. The van der Waals surface area contributed by atoms with E-state index in [-0.39, 0.29) is 16.8 Å². The molecule has 0 atom stereocenters. The molecule has 2 aromatic rings. The molecule has 0 aliphatic rings. The number of hydrogen-bond acceptors (Lipinski definition) is 3. The smallest absolute Gasteiger partial charge is 0.270 e. The second-order valence-corrected chi connectivity index (χ2v) is 4.58. The molecule has 0 heterocycles.